The number of pyridine rings is 1. The van der Waals surface area contributed by atoms with Crippen LogP contribution in [-0.4, -0.2) is 48.1 Å². The van der Waals surface area contributed by atoms with Crippen molar-refractivity contribution in [3.63, 3.8) is 0 Å². The van der Waals surface area contributed by atoms with Crippen molar-refractivity contribution in [2.75, 3.05) is 26.4 Å². The minimum atomic E-state index is -1.23. The Balaban J connectivity index is 1.55. The molecule has 1 saturated heterocycles. The van der Waals surface area contributed by atoms with Gasteiger partial charge in [0.25, 0.3) is 6.02 Å². The van der Waals surface area contributed by atoms with Crippen molar-refractivity contribution in [3.8, 4) is 40.2 Å². The smallest absolute Gasteiger partial charge is 0.283 e. The number of nitrogens with two attached hydrogens (primary N) is 1. The van der Waals surface area contributed by atoms with E-state index in [0.717, 1.165) is 16.7 Å². The van der Waals surface area contributed by atoms with Crippen LogP contribution in [0.3, 0.4) is 0 Å². The Labute approximate surface area is 221 Å². The number of benzene rings is 2. The molecule has 0 saturated carbocycles. The second-order valence-corrected chi connectivity index (χ2v) is 10.9. The normalized spacial score (nSPS) is 20.6. The van der Waals surface area contributed by atoms with Gasteiger partial charge in [-0.05, 0) is 49.7 Å². The zero-order valence-electron chi connectivity index (χ0n) is 21.6. The van der Waals surface area contributed by atoms with E-state index in [2.05, 4.69) is 23.7 Å². The second kappa shape index (κ2) is 8.76. The lowest BCUT2D eigenvalue weighted by molar-refractivity contribution is -0.120. The molecule has 0 amide bonds. The molecular weight excluding hydrogens is 482 g/mol. The van der Waals surface area contributed by atoms with Crippen LogP contribution in [0.1, 0.15) is 37.5 Å². The highest BCUT2D eigenvalue weighted by molar-refractivity contribution is 5.79. The summed E-state index contributed by atoms with van der Waals surface area (Å²) in [4.78, 5) is 9.11. The largest absolute Gasteiger partial charge is 0.492 e. The summed E-state index contributed by atoms with van der Waals surface area (Å²) in [5.74, 6) is 7.94. The molecule has 4 heterocycles. The van der Waals surface area contributed by atoms with Gasteiger partial charge >= 0.3 is 0 Å². The average molecular weight is 512 g/mol. The molecule has 3 aliphatic rings. The number of rotatable bonds is 4. The van der Waals surface area contributed by atoms with Crippen molar-refractivity contribution in [2.45, 2.75) is 31.9 Å². The van der Waals surface area contributed by atoms with E-state index in [9.17, 15) is 5.11 Å². The van der Waals surface area contributed by atoms with Gasteiger partial charge in [0.2, 0.25) is 0 Å². The maximum Gasteiger partial charge on any atom is 0.283 e. The molecule has 38 heavy (non-hydrogen) atoms. The monoisotopic (exact) mass is 511 g/mol. The molecule has 3 aromatic rings. The Kier molecular flexibility index (Phi) is 5.60. The average Bonchev–Trinajstić information content (AvgIpc) is 3.27. The number of hydrogen-bond donors (Lipinski definition) is 2. The van der Waals surface area contributed by atoms with Crippen LogP contribution in [0.15, 0.2) is 59.9 Å². The van der Waals surface area contributed by atoms with Gasteiger partial charge in [-0.2, -0.15) is 0 Å². The Hall–Kier alpha value is -4.06. The molecule has 1 aromatic heterocycles. The van der Waals surface area contributed by atoms with E-state index in [0.29, 0.717) is 48.2 Å². The van der Waals surface area contributed by atoms with Gasteiger partial charge in [-0.15, -0.1) is 0 Å². The molecule has 6 rings (SSSR count). The fraction of sp³-hybridized carbons (Fsp3) is 0.333. The Bertz CT molecular complexity index is 1500. The highest BCUT2D eigenvalue weighted by Crippen LogP contribution is 2.54. The van der Waals surface area contributed by atoms with Gasteiger partial charge in [-0.25, -0.2) is 4.99 Å². The first-order valence-electron chi connectivity index (χ1n) is 12.5. The third kappa shape index (κ3) is 4.24. The number of ether oxygens (including phenoxy) is 4. The lowest BCUT2D eigenvalue weighted by Gasteiger charge is -2.38. The molecule has 0 aliphatic carbocycles. The van der Waals surface area contributed by atoms with Crippen molar-refractivity contribution >= 4 is 6.02 Å². The van der Waals surface area contributed by atoms with Crippen LogP contribution in [0.4, 0.5) is 0 Å². The molecule has 0 bridgehead atoms. The highest BCUT2D eigenvalue weighted by atomic mass is 16.5. The number of amidine groups is 1. The molecule has 1 atom stereocenters. The molecular formula is C30H29N3O5. The molecule has 2 aromatic carbocycles. The quantitative estimate of drug-likeness (QED) is 0.510. The third-order valence-electron chi connectivity index (χ3n) is 6.88. The maximum absolute atomic E-state index is 10.5. The van der Waals surface area contributed by atoms with E-state index in [1.165, 1.54) is 0 Å². The van der Waals surface area contributed by atoms with E-state index in [1.807, 2.05) is 48.7 Å². The fourth-order valence-corrected chi connectivity index (χ4v) is 4.91. The van der Waals surface area contributed by atoms with Crippen LogP contribution in [0, 0.1) is 17.3 Å². The van der Waals surface area contributed by atoms with Gasteiger partial charge in [-0.1, -0.05) is 30.9 Å². The summed E-state index contributed by atoms with van der Waals surface area (Å²) in [7, 11) is 0. The van der Waals surface area contributed by atoms with E-state index < -0.39 is 11.1 Å². The van der Waals surface area contributed by atoms with Gasteiger partial charge in [0, 0.05) is 34.5 Å². The molecule has 0 unspecified atom stereocenters. The molecule has 3 aliphatic heterocycles. The standard InChI is InChI=1S/C30H29N3O5/c1-28(2,34)11-10-21-23(36-17-29(3)15-35-16-29)8-9-25-26(21)30(18-37-27(31)33-30)22-13-19(6-7-24(22)38-25)20-5-4-12-32-14-20/h4-9,12-14,34H,15-18H2,1-3H3,(H2,31,33)/t30-/m0/s1. The Morgan fingerprint density at radius 3 is 2.58 bits per heavy atom. The summed E-state index contributed by atoms with van der Waals surface area (Å²) in [6.45, 7) is 7.29. The maximum atomic E-state index is 10.5. The van der Waals surface area contributed by atoms with Crippen LogP contribution in [0.5, 0.6) is 17.2 Å². The summed E-state index contributed by atoms with van der Waals surface area (Å²) in [6, 6.07) is 13.6. The lowest BCUT2D eigenvalue weighted by Crippen LogP contribution is -2.44. The summed E-state index contributed by atoms with van der Waals surface area (Å²) >= 11 is 0. The zero-order valence-corrected chi connectivity index (χ0v) is 21.6. The van der Waals surface area contributed by atoms with Gasteiger partial charge in [-0.3, -0.25) is 4.98 Å². The van der Waals surface area contributed by atoms with Crippen molar-refractivity contribution in [2.24, 2.45) is 16.1 Å². The summed E-state index contributed by atoms with van der Waals surface area (Å²) in [5, 5.41) is 10.5. The zero-order chi connectivity index (χ0) is 26.5. The summed E-state index contributed by atoms with van der Waals surface area (Å²) < 4.78 is 23.9. The molecule has 194 valence electrons. The Morgan fingerprint density at radius 2 is 1.92 bits per heavy atom. The number of aliphatic hydroxyl groups is 1. The topological polar surface area (TPSA) is 108 Å². The van der Waals surface area contributed by atoms with E-state index in [4.69, 9.17) is 29.7 Å². The predicted molar refractivity (Wildman–Crippen MR) is 142 cm³/mol. The van der Waals surface area contributed by atoms with Crippen LogP contribution < -0.4 is 15.2 Å². The van der Waals surface area contributed by atoms with Crippen molar-refractivity contribution < 1.29 is 24.1 Å². The number of hydrogen-bond acceptors (Lipinski definition) is 8. The van der Waals surface area contributed by atoms with Crippen LogP contribution in [0.25, 0.3) is 11.1 Å². The first-order valence-corrected chi connectivity index (χ1v) is 12.5. The molecule has 1 spiro atoms. The number of nitrogens with zero attached hydrogens (tertiary/aromatic N) is 2. The van der Waals surface area contributed by atoms with Crippen molar-refractivity contribution in [1.29, 1.82) is 0 Å². The first-order chi connectivity index (χ1) is 18.2. The number of fused-ring (bicyclic) bond motifs is 4. The second-order valence-electron chi connectivity index (χ2n) is 10.9. The van der Waals surface area contributed by atoms with E-state index in [-0.39, 0.29) is 18.0 Å². The van der Waals surface area contributed by atoms with E-state index in [1.54, 1.807) is 20.0 Å². The molecule has 8 nitrogen and oxygen atoms in total. The first kappa shape index (κ1) is 24.3. The predicted octanol–water partition coefficient (Wildman–Crippen LogP) is 3.98. The minimum absolute atomic E-state index is 0.0741. The van der Waals surface area contributed by atoms with Crippen molar-refractivity contribution in [3.05, 3.63) is 71.5 Å². The highest BCUT2D eigenvalue weighted by Gasteiger charge is 2.49. The Morgan fingerprint density at radius 1 is 1.11 bits per heavy atom. The van der Waals surface area contributed by atoms with Crippen molar-refractivity contribution in [1.82, 2.24) is 4.98 Å². The molecule has 8 heteroatoms. The lowest BCUT2D eigenvalue weighted by atomic mass is 9.78. The van der Waals surface area contributed by atoms with Gasteiger partial charge < -0.3 is 29.8 Å². The molecule has 0 radical (unpaired) electrons. The van der Waals surface area contributed by atoms with Crippen LogP contribution in [0.2, 0.25) is 0 Å². The number of aromatic nitrogens is 1. The van der Waals surface area contributed by atoms with Crippen LogP contribution >= 0.6 is 0 Å². The molecule has 3 N–H and O–H groups in total. The number of aliphatic imine (C=N–C) groups is 1. The minimum Gasteiger partial charge on any atom is -0.492 e. The third-order valence-corrected chi connectivity index (χ3v) is 6.88. The summed E-state index contributed by atoms with van der Waals surface area (Å²) in [6.07, 6.45) is 3.55. The molecule has 1 fully saturated rings. The fourth-order valence-electron chi connectivity index (χ4n) is 4.91. The van der Waals surface area contributed by atoms with Gasteiger partial charge in [0.1, 0.15) is 29.5 Å². The summed E-state index contributed by atoms with van der Waals surface area (Å²) in [5.41, 5.74) is 7.80. The van der Waals surface area contributed by atoms with Crippen LogP contribution in [-0.2, 0) is 15.0 Å². The SMILES string of the molecule is CC(C)(O)C#Cc1c(OCC2(C)COC2)ccc2c1[C@]1(COC(N)=N1)c1cc(-c3cccnc3)ccc1O2. The van der Waals surface area contributed by atoms with Gasteiger partial charge in [0.15, 0.2) is 5.54 Å². The van der Waals surface area contributed by atoms with Gasteiger partial charge in [0.05, 0.1) is 25.4 Å². The van der Waals surface area contributed by atoms with E-state index >= 15 is 0 Å².